The van der Waals surface area contributed by atoms with Crippen molar-refractivity contribution in [1.82, 2.24) is 9.62 Å². The van der Waals surface area contributed by atoms with Crippen LogP contribution in [0.15, 0.2) is 29.2 Å². The highest BCUT2D eigenvalue weighted by Crippen LogP contribution is 2.23. The van der Waals surface area contributed by atoms with Gasteiger partial charge in [0.15, 0.2) is 0 Å². The van der Waals surface area contributed by atoms with Gasteiger partial charge in [-0.2, -0.15) is 4.31 Å². The maximum atomic E-state index is 12.6. The number of hydrogen-bond donors (Lipinski definition) is 1. The van der Waals surface area contributed by atoms with Gasteiger partial charge in [-0.3, -0.25) is 4.79 Å². The number of nitrogens with zero attached hydrogens (tertiary/aromatic N) is 1. The van der Waals surface area contributed by atoms with Crippen LogP contribution in [0.1, 0.15) is 30.1 Å². The summed E-state index contributed by atoms with van der Waals surface area (Å²) in [5.41, 5.74) is 0.437. The molecule has 1 amide bonds. The number of hydrogen-bond acceptors (Lipinski definition) is 4. The van der Waals surface area contributed by atoms with Crippen LogP contribution in [0.5, 0.6) is 0 Å². The number of methoxy groups -OCH3 is 1. The van der Waals surface area contributed by atoms with Gasteiger partial charge in [0.25, 0.3) is 5.91 Å². The smallest absolute Gasteiger partial charge is 0.251 e. The molecule has 0 bridgehead atoms. The first-order chi connectivity index (χ1) is 10.9. The number of benzene rings is 1. The fourth-order valence-electron chi connectivity index (χ4n) is 2.66. The lowest BCUT2D eigenvalue weighted by atomic mass is 10.0. The van der Waals surface area contributed by atoms with Crippen molar-refractivity contribution in [3.63, 3.8) is 0 Å². The van der Waals surface area contributed by atoms with E-state index in [1.54, 1.807) is 19.2 Å². The zero-order valence-corrected chi connectivity index (χ0v) is 14.4. The Morgan fingerprint density at radius 2 is 2.04 bits per heavy atom. The van der Waals surface area contributed by atoms with E-state index >= 15 is 0 Å². The van der Waals surface area contributed by atoms with Crippen LogP contribution in [0.3, 0.4) is 0 Å². The first-order valence-electron chi connectivity index (χ1n) is 7.82. The van der Waals surface area contributed by atoms with Crippen LogP contribution in [0.4, 0.5) is 0 Å². The van der Waals surface area contributed by atoms with Gasteiger partial charge in [-0.15, -0.1) is 0 Å². The molecule has 1 aromatic rings. The van der Waals surface area contributed by atoms with E-state index in [-0.39, 0.29) is 10.8 Å². The second-order valence-electron chi connectivity index (χ2n) is 5.88. The van der Waals surface area contributed by atoms with Gasteiger partial charge in [-0.05, 0) is 43.0 Å². The summed E-state index contributed by atoms with van der Waals surface area (Å²) in [6.45, 7) is 4.04. The van der Waals surface area contributed by atoms with Crippen LogP contribution in [-0.4, -0.2) is 52.0 Å². The molecule has 1 heterocycles. The lowest BCUT2D eigenvalue weighted by Crippen LogP contribution is -2.39. The van der Waals surface area contributed by atoms with Crippen molar-refractivity contribution < 1.29 is 17.9 Å². The SMILES string of the molecule is COCCNC(=O)c1ccc(S(=O)(=O)N2CCCC(C)C2)cc1. The minimum absolute atomic E-state index is 0.236. The summed E-state index contributed by atoms with van der Waals surface area (Å²) in [4.78, 5) is 12.1. The summed E-state index contributed by atoms with van der Waals surface area (Å²) in [5.74, 6) is 0.141. The molecule has 6 nitrogen and oxygen atoms in total. The largest absolute Gasteiger partial charge is 0.383 e. The summed E-state index contributed by atoms with van der Waals surface area (Å²) < 4.78 is 31.7. The van der Waals surface area contributed by atoms with Crippen LogP contribution in [-0.2, 0) is 14.8 Å². The fraction of sp³-hybridized carbons (Fsp3) is 0.562. The maximum Gasteiger partial charge on any atom is 0.251 e. The van der Waals surface area contributed by atoms with E-state index in [0.29, 0.717) is 37.7 Å². The van der Waals surface area contributed by atoms with Gasteiger partial charge >= 0.3 is 0 Å². The second-order valence-corrected chi connectivity index (χ2v) is 7.82. The van der Waals surface area contributed by atoms with Gasteiger partial charge in [0.2, 0.25) is 10.0 Å². The van der Waals surface area contributed by atoms with Crippen molar-refractivity contribution >= 4 is 15.9 Å². The van der Waals surface area contributed by atoms with Gasteiger partial charge in [-0.1, -0.05) is 6.92 Å². The number of nitrogens with one attached hydrogen (secondary N) is 1. The molecule has 0 saturated carbocycles. The topological polar surface area (TPSA) is 75.7 Å². The summed E-state index contributed by atoms with van der Waals surface area (Å²) in [7, 11) is -1.91. The molecule has 1 fully saturated rings. The third-order valence-corrected chi connectivity index (χ3v) is 5.85. The first-order valence-corrected chi connectivity index (χ1v) is 9.26. The second kappa shape index (κ2) is 7.90. The molecule has 1 N–H and O–H groups in total. The van der Waals surface area contributed by atoms with E-state index in [4.69, 9.17) is 4.74 Å². The zero-order valence-electron chi connectivity index (χ0n) is 13.6. The van der Waals surface area contributed by atoms with Crippen molar-refractivity contribution in [2.45, 2.75) is 24.7 Å². The number of rotatable bonds is 6. The van der Waals surface area contributed by atoms with Crippen LogP contribution in [0, 0.1) is 5.92 Å². The molecule has 1 aliphatic rings. The predicted molar refractivity (Wildman–Crippen MR) is 87.8 cm³/mol. The Morgan fingerprint density at radius 3 is 2.65 bits per heavy atom. The molecule has 0 aromatic heterocycles. The first kappa shape index (κ1) is 17.9. The molecule has 1 aliphatic heterocycles. The molecular formula is C16H24N2O4S. The van der Waals surface area contributed by atoms with E-state index in [0.717, 1.165) is 12.8 Å². The Hall–Kier alpha value is -1.44. The molecule has 1 unspecified atom stereocenters. The standard InChI is InChI=1S/C16H24N2O4S/c1-13-4-3-10-18(12-13)23(20,21)15-7-5-14(6-8-15)16(19)17-9-11-22-2/h5-8,13H,3-4,9-12H2,1-2H3,(H,17,19). The lowest BCUT2D eigenvalue weighted by Gasteiger charge is -2.30. The number of sulfonamides is 1. The molecule has 128 valence electrons. The van der Waals surface area contributed by atoms with Gasteiger partial charge in [0.1, 0.15) is 0 Å². The molecule has 0 spiro atoms. The molecule has 1 saturated heterocycles. The predicted octanol–water partition coefficient (Wildman–Crippen LogP) is 1.48. The highest BCUT2D eigenvalue weighted by molar-refractivity contribution is 7.89. The molecule has 2 rings (SSSR count). The van der Waals surface area contributed by atoms with Crippen LogP contribution in [0.2, 0.25) is 0 Å². The molecule has 7 heteroatoms. The van der Waals surface area contributed by atoms with Crippen molar-refractivity contribution in [3.8, 4) is 0 Å². The number of ether oxygens (including phenoxy) is 1. The summed E-state index contributed by atoms with van der Waals surface area (Å²) in [6.07, 6.45) is 1.95. The monoisotopic (exact) mass is 340 g/mol. The molecule has 1 aromatic carbocycles. The molecule has 0 radical (unpaired) electrons. The number of carbonyl (C=O) groups excluding carboxylic acids is 1. The van der Waals surface area contributed by atoms with Gasteiger partial charge in [0, 0.05) is 32.3 Å². The van der Waals surface area contributed by atoms with E-state index in [1.165, 1.54) is 16.4 Å². The molecule has 23 heavy (non-hydrogen) atoms. The van der Waals surface area contributed by atoms with Crippen molar-refractivity contribution in [2.24, 2.45) is 5.92 Å². The minimum Gasteiger partial charge on any atom is -0.383 e. The number of amides is 1. The fourth-order valence-corrected chi connectivity index (χ4v) is 4.26. The van der Waals surface area contributed by atoms with E-state index < -0.39 is 10.0 Å². The minimum atomic E-state index is -3.48. The van der Waals surface area contributed by atoms with Crippen molar-refractivity contribution in [1.29, 1.82) is 0 Å². The van der Waals surface area contributed by atoms with Gasteiger partial charge < -0.3 is 10.1 Å². The van der Waals surface area contributed by atoms with Crippen LogP contribution >= 0.6 is 0 Å². The highest BCUT2D eigenvalue weighted by atomic mass is 32.2. The van der Waals surface area contributed by atoms with E-state index in [1.807, 2.05) is 0 Å². The lowest BCUT2D eigenvalue weighted by molar-refractivity contribution is 0.0937. The third kappa shape index (κ3) is 4.53. The van der Waals surface area contributed by atoms with E-state index in [9.17, 15) is 13.2 Å². The summed E-state index contributed by atoms with van der Waals surface area (Å²) >= 11 is 0. The molecular weight excluding hydrogens is 316 g/mol. The quantitative estimate of drug-likeness (QED) is 0.796. The zero-order chi connectivity index (χ0) is 16.9. The highest BCUT2D eigenvalue weighted by Gasteiger charge is 2.28. The third-order valence-electron chi connectivity index (χ3n) is 3.97. The Labute approximate surface area is 137 Å². The Morgan fingerprint density at radius 1 is 1.35 bits per heavy atom. The van der Waals surface area contributed by atoms with Crippen molar-refractivity contribution in [3.05, 3.63) is 29.8 Å². The Balaban J connectivity index is 2.07. The molecule has 1 atom stereocenters. The average molecular weight is 340 g/mol. The average Bonchev–Trinajstić information content (AvgIpc) is 2.55. The number of carbonyl (C=O) groups is 1. The normalized spacial score (nSPS) is 19.5. The summed E-state index contributed by atoms with van der Waals surface area (Å²) in [5, 5.41) is 2.70. The van der Waals surface area contributed by atoms with Crippen molar-refractivity contribution in [2.75, 3.05) is 33.4 Å². The van der Waals surface area contributed by atoms with E-state index in [2.05, 4.69) is 12.2 Å². The number of piperidine rings is 1. The van der Waals surface area contributed by atoms with Crippen LogP contribution < -0.4 is 5.32 Å². The van der Waals surface area contributed by atoms with Gasteiger partial charge in [0.05, 0.1) is 11.5 Å². The summed E-state index contributed by atoms with van der Waals surface area (Å²) in [6, 6.07) is 6.09. The maximum absolute atomic E-state index is 12.6. The van der Waals surface area contributed by atoms with Gasteiger partial charge in [-0.25, -0.2) is 8.42 Å². The molecule has 0 aliphatic carbocycles. The Bertz CT molecular complexity index is 628. The Kier molecular flexibility index (Phi) is 6.15. The van der Waals surface area contributed by atoms with Crippen LogP contribution in [0.25, 0.3) is 0 Å².